The standard InChI is InChI=1S/C87H106ClN21O13/c1-53(2)42-70(81(117)108-74(47-60-49-99-64-22-7-6-21-63(60)64)85(121)102-67(27-17-40-98-87(89)90)78(114)97-41-34-62-50-92-52-100-62)105-80(116)69(26-11-15-39-96-77(113)66-24-9-13-37-94-66)103-79(115)68(25-10-14-38-95-76(112)65-23-8-12-36-93-65)104-86(122)75(51-110)109-84(120)73(46-57-18-16-35-91-48-57)107-83(119)72(44-55-29-32-61(88)33-30-55)106-82(118)71(101-54(3)111)45-56-28-31-58-19-4-5-20-59(58)43-56/h4-9,12-13,16,18-24,28-33,35-37,43,48-50,52-53,67-75,99,110H,10-11,14-15,17,25-27,34,38-42,44-47,51H2,1-3H3,(H,92,100)(H,95,112)(H,96,113)(H,97,114)(H,101,111)(H,102,121)(H,103,115)(H,104,122)(H,105,116)(H,106,118)(H,107,119)(H,108,117)(H,109,120)(H4,89,90,98)/t67-,68-,69+,70-,71+,72+,73+,74-,75-/m0/s1. The van der Waals surface area contributed by atoms with E-state index in [-0.39, 0.29) is 133 Å². The van der Waals surface area contributed by atoms with Crippen molar-refractivity contribution in [3.8, 4) is 0 Å². The molecule has 5 heterocycles. The number of rotatable bonds is 48. The van der Waals surface area contributed by atoms with E-state index in [4.69, 9.17) is 22.7 Å². The van der Waals surface area contributed by atoms with Crippen LogP contribution in [0.25, 0.3) is 21.7 Å². The van der Waals surface area contributed by atoms with Gasteiger partial charge in [0.25, 0.3) is 11.8 Å². The van der Waals surface area contributed by atoms with Crippen LogP contribution in [0, 0.1) is 11.3 Å². The van der Waals surface area contributed by atoms with Gasteiger partial charge < -0.3 is 89.9 Å². The number of para-hydroxylation sites is 1. The lowest BCUT2D eigenvalue weighted by Gasteiger charge is -2.28. The number of nitrogens with one attached hydrogen (secondary N) is 16. The summed E-state index contributed by atoms with van der Waals surface area (Å²) in [4.78, 5) is 196. The van der Waals surface area contributed by atoms with Crippen LogP contribution >= 0.6 is 11.6 Å². The molecule has 9 aromatic rings. The Balaban J connectivity index is 0.973. The summed E-state index contributed by atoms with van der Waals surface area (Å²) in [5.74, 6) is -9.75. The molecule has 34 nitrogen and oxygen atoms in total. The van der Waals surface area contributed by atoms with E-state index in [1.54, 1.807) is 86.9 Å². The van der Waals surface area contributed by atoms with E-state index in [1.807, 2.05) is 66.7 Å². The Hall–Kier alpha value is -13.5. The number of guanidine groups is 1. The fourth-order valence-electron chi connectivity index (χ4n) is 13.6. The second kappa shape index (κ2) is 47.9. The molecular formula is C87H106ClN21O13. The van der Waals surface area contributed by atoms with E-state index in [0.29, 0.717) is 39.4 Å². The van der Waals surface area contributed by atoms with Crippen molar-refractivity contribution in [3.63, 3.8) is 0 Å². The first-order valence-electron chi connectivity index (χ1n) is 40.5. The fourth-order valence-corrected chi connectivity index (χ4v) is 13.7. The molecule has 0 spiro atoms. The molecule has 9 atom stereocenters. The van der Waals surface area contributed by atoms with Gasteiger partial charge >= 0.3 is 0 Å². The topological polar surface area (TPSA) is 514 Å². The van der Waals surface area contributed by atoms with Crippen molar-refractivity contribution in [1.82, 2.24) is 99.0 Å². The molecule has 35 heteroatoms. The number of pyridine rings is 3. The Kier molecular flexibility index (Phi) is 36.3. The number of aromatic amines is 2. The van der Waals surface area contributed by atoms with Crippen LogP contribution in [0.2, 0.25) is 5.02 Å². The molecule has 0 aliphatic carbocycles. The van der Waals surface area contributed by atoms with Crippen molar-refractivity contribution in [2.75, 3.05) is 32.8 Å². The maximum absolute atomic E-state index is 15.3. The van der Waals surface area contributed by atoms with Crippen LogP contribution in [0.5, 0.6) is 0 Å². The Morgan fingerprint density at radius 3 is 1.50 bits per heavy atom. The van der Waals surface area contributed by atoms with Crippen LogP contribution in [0.3, 0.4) is 0 Å². The molecule has 12 amide bonds. The third-order valence-electron chi connectivity index (χ3n) is 19.9. The van der Waals surface area contributed by atoms with Gasteiger partial charge in [-0.1, -0.05) is 116 Å². The summed E-state index contributed by atoms with van der Waals surface area (Å²) in [5.41, 5.74) is 9.56. The van der Waals surface area contributed by atoms with Gasteiger partial charge in [-0.05, 0) is 145 Å². The van der Waals surface area contributed by atoms with Gasteiger partial charge in [-0.3, -0.25) is 77.9 Å². The molecule has 0 radical (unpaired) electrons. The van der Waals surface area contributed by atoms with E-state index in [1.165, 1.54) is 50.2 Å². The van der Waals surface area contributed by atoms with Crippen LogP contribution in [0.1, 0.15) is 127 Å². The molecule has 19 N–H and O–H groups in total. The van der Waals surface area contributed by atoms with Crippen LogP contribution in [0.15, 0.2) is 183 Å². The number of amides is 12. The summed E-state index contributed by atoms with van der Waals surface area (Å²) < 4.78 is 0. The maximum Gasteiger partial charge on any atom is 0.269 e. The van der Waals surface area contributed by atoms with Crippen LogP contribution in [-0.2, 0) is 80.0 Å². The number of unbranched alkanes of at least 4 members (excludes halogenated alkanes) is 2. The Bertz CT molecular complexity index is 4990. The van der Waals surface area contributed by atoms with Gasteiger partial charge in [0.2, 0.25) is 59.1 Å². The number of imidazole rings is 1. The number of benzene rings is 4. The number of carbonyl (C=O) groups is 12. The lowest BCUT2D eigenvalue weighted by molar-refractivity contribution is -0.136. The minimum Gasteiger partial charge on any atom is -0.394 e. The van der Waals surface area contributed by atoms with Crippen molar-refractivity contribution in [1.29, 1.82) is 5.41 Å². The summed E-state index contributed by atoms with van der Waals surface area (Å²) in [7, 11) is 0. The van der Waals surface area contributed by atoms with E-state index < -0.39 is 132 Å². The molecule has 0 fully saturated rings. The number of nitrogens with zero attached hydrogens (tertiary/aromatic N) is 4. The zero-order valence-corrected chi connectivity index (χ0v) is 68.9. The molecule has 9 rings (SSSR count). The monoisotopic (exact) mass is 1690 g/mol. The molecule has 4 aromatic carbocycles. The number of fused-ring (bicyclic) bond motifs is 2. The van der Waals surface area contributed by atoms with Crippen molar-refractivity contribution in [3.05, 3.63) is 227 Å². The zero-order valence-electron chi connectivity index (χ0n) is 68.1. The molecule has 5 aromatic heterocycles. The first-order chi connectivity index (χ1) is 58.9. The minimum absolute atomic E-state index is 0.0196. The van der Waals surface area contributed by atoms with Crippen molar-refractivity contribution >= 4 is 110 Å². The second-order valence-electron chi connectivity index (χ2n) is 29.9. The molecular weight excluding hydrogens is 1580 g/mol. The van der Waals surface area contributed by atoms with E-state index in [2.05, 4.69) is 99.0 Å². The number of aliphatic hydroxyl groups excluding tert-OH is 1. The van der Waals surface area contributed by atoms with Gasteiger partial charge in [0, 0.05) is 118 Å². The largest absolute Gasteiger partial charge is 0.394 e. The highest BCUT2D eigenvalue weighted by atomic mass is 35.5. The summed E-state index contributed by atoms with van der Waals surface area (Å²) in [6, 6.07) is 26.8. The number of halogens is 1. The third-order valence-corrected chi connectivity index (χ3v) is 20.2. The molecule has 644 valence electrons. The van der Waals surface area contributed by atoms with Crippen molar-refractivity contribution in [2.24, 2.45) is 11.7 Å². The predicted octanol–water partition coefficient (Wildman–Crippen LogP) is 3.40. The fraction of sp³-hybridized carbons (Fsp3) is 0.368. The Morgan fingerprint density at radius 2 is 0.943 bits per heavy atom. The van der Waals surface area contributed by atoms with Gasteiger partial charge in [0.05, 0.1) is 18.6 Å². The maximum atomic E-state index is 15.3. The predicted molar refractivity (Wildman–Crippen MR) is 458 cm³/mol. The Labute approximate surface area is 710 Å². The summed E-state index contributed by atoms with van der Waals surface area (Å²) >= 11 is 6.28. The smallest absolute Gasteiger partial charge is 0.269 e. The first-order valence-corrected chi connectivity index (χ1v) is 40.9. The third kappa shape index (κ3) is 30.1. The Morgan fingerprint density at radius 1 is 0.451 bits per heavy atom. The van der Waals surface area contributed by atoms with E-state index in [0.717, 1.165) is 21.7 Å². The van der Waals surface area contributed by atoms with Crippen LogP contribution < -0.4 is 74.9 Å². The minimum atomic E-state index is -1.85. The molecule has 0 saturated heterocycles. The number of hydrogen-bond acceptors (Lipinski definition) is 18. The van der Waals surface area contributed by atoms with Crippen LogP contribution in [-0.4, -0.2) is 199 Å². The van der Waals surface area contributed by atoms with Gasteiger partial charge in [0.1, 0.15) is 65.8 Å². The quantitative estimate of drug-likeness (QED) is 0.0148. The highest BCUT2D eigenvalue weighted by Gasteiger charge is 2.37. The number of nitrogens with two attached hydrogens (primary N) is 1. The lowest BCUT2D eigenvalue weighted by Crippen LogP contribution is -2.61. The van der Waals surface area contributed by atoms with Crippen LogP contribution in [0.4, 0.5) is 0 Å². The van der Waals surface area contributed by atoms with Gasteiger partial charge in [-0.2, -0.15) is 0 Å². The average Bonchev–Trinajstić information content (AvgIpc) is 1.59. The van der Waals surface area contributed by atoms with Gasteiger partial charge in [0.15, 0.2) is 5.96 Å². The van der Waals surface area contributed by atoms with Gasteiger partial charge in [-0.15, -0.1) is 0 Å². The number of aliphatic hydroxyl groups is 1. The zero-order chi connectivity index (χ0) is 87.3. The number of aromatic nitrogens is 6. The highest BCUT2D eigenvalue weighted by Crippen LogP contribution is 2.22. The summed E-state index contributed by atoms with van der Waals surface area (Å²) in [5, 5.41) is 57.7. The number of hydrogen-bond donors (Lipinski definition) is 18. The van der Waals surface area contributed by atoms with E-state index >= 15 is 14.4 Å². The first kappa shape index (κ1) is 92.4. The highest BCUT2D eigenvalue weighted by molar-refractivity contribution is 6.30. The molecule has 0 aliphatic heterocycles. The van der Waals surface area contributed by atoms with Crippen molar-refractivity contribution < 1.29 is 62.6 Å². The van der Waals surface area contributed by atoms with E-state index in [9.17, 15) is 48.3 Å². The molecule has 0 unspecified atom stereocenters. The second-order valence-corrected chi connectivity index (χ2v) is 30.4. The molecule has 0 bridgehead atoms. The summed E-state index contributed by atoms with van der Waals surface area (Å²) in [6.45, 7) is 4.28. The van der Waals surface area contributed by atoms with Gasteiger partial charge in [-0.25, -0.2) is 4.98 Å². The molecule has 0 aliphatic rings. The number of carbonyl (C=O) groups excluding carboxylic acids is 12. The average molecular weight is 1690 g/mol. The number of H-pyrrole nitrogens is 2. The molecule has 122 heavy (non-hydrogen) atoms. The normalized spacial score (nSPS) is 13.3. The summed E-state index contributed by atoms with van der Waals surface area (Å²) in [6.07, 6.45) is 11.3. The lowest BCUT2D eigenvalue weighted by atomic mass is 9.99. The van der Waals surface area contributed by atoms with Crippen molar-refractivity contribution in [2.45, 2.75) is 165 Å². The molecule has 0 saturated carbocycles. The SMILES string of the molecule is CC(=O)N[C@H](Cc1ccc2ccccc2c1)C(=O)N[C@H](Cc1ccc(Cl)cc1)C(=O)N[C@H](Cc1cccnc1)C(=O)N[C@@H](CO)C(=O)N[C@@H](CCCCNC(=O)c1ccccn1)C(=O)N[C@H](CCCCNC(=O)c1ccccn1)C(=O)N[C@@H](CC(C)C)C(=O)N[C@@H](Cc1c[nH]c2ccccc12)C(=O)N[C@@H](CCCNC(=N)N)C(=O)NCCc1c[nH]cn1.